The maximum absolute atomic E-state index is 12.5. The zero-order valence-electron chi connectivity index (χ0n) is 14.8. The molecular formula is C18H18F3NO5. The van der Waals surface area contributed by atoms with Gasteiger partial charge in [-0.25, -0.2) is 0 Å². The van der Waals surface area contributed by atoms with Crippen molar-refractivity contribution in [2.24, 2.45) is 0 Å². The highest BCUT2D eigenvalue weighted by Gasteiger charge is 2.30. The number of carbonyl (C=O) groups is 1. The fourth-order valence-electron chi connectivity index (χ4n) is 2.24. The smallest absolute Gasteiger partial charge is 0.416 e. The molecule has 0 aliphatic carbocycles. The second-order valence-electron chi connectivity index (χ2n) is 5.27. The molecule has 0 saturated carbocycles. The van der Waals surface area contributed by atoms with Gasteiger partial charge in [0.15, 0.2) is 18.1 Å². The van der Waals surface area contributed by atoms with E-state index in [-0.39, 0.29) is 12.4 Å². The van der Waals surface area contributed by atoms with Crippen LogP contribution in [0.4, 0.5) is 18.9 Å². The third-order valence-electron chi connectivity index (χ3n) is 3.50. The molecule has 27 heavy (non-hydrogen) atoms. The van der Waals surface area contributed by atoms with Crippen LogP contribution in [-0.4, -0.2) is 33.8 Å². The SMILES string of the molecule is COc1cc(NC(=O)COc2ccc(C(F)(F)F)cc2)cc(OC)c1OC. The zero-order valence-corrected chi connectivity index (χ0v) is 14.8. The minimum Gasteiger partial charge on any atom is -0.493 e. The molecule has 6 nitrogen and oxygen atoms in total. The Hall–Kier alpha value is -3.10. The van der Waals surface area contributed by atoms with Crippen LogP contribution in [0.5, 0.6) is 23.0 Å². The summed E-state index contributed by atoms with van der Waals surface area (Å²) in [6.07, 6.45) is -4.43. The lowest BCUT2D eigenvalue weighted by molar-refractivity contribution is -0.137. The minimum atomic E-state index is -4.43. The molecule has 0 spiro atoms. The summed E-state index contributed by atoms with van der Waals surface area (Å²) in [4.78, 5) is 12.0. The molecule has 0 aliphatic heterocycles. The molecule has 0 aromatic heterocycles. The van der Waals surface area contributed by atoms with Crippen molar-refractivity contribution in [2.45, 2.75) is 6.18 Å². The van der Waals surface area contributed by atoms with E-state index in [1.54, 1.807) is 0 Å². The molecule has 2 aromatic rings. The molecule has 9 heteroatoms. The van der Waals surface area contributed by atoms with Gasteiger partial charge in [-0.05, 0) is 24.3 Å². The van der Waals surface area contributed by atoms with Gasteiger partial charge in [0.1, 0.15) is 5.75 Å². The van der Waals surface area contributed by atoms with E-state index in [4.69, 9.17) is 18.9 Å². The first kappa shape index (κ1) is 20.2. The van der Waals surface area contributed by atoms with Crippen molar-refractivity contribution < 1.29 is 36.9 Å². The topological polar surface area (TPSA) is 66.0 Å². The largest absolute Gasteiger partial charge is 0.493 e. The Labute approximate surface area is 153 Å². The lowest BCUT2D eigenvalue weighted by atomic mass is 10.2. The van der Waals surface area contributed by atoms with Crippen LogP contribution in [0.25, 0.3) is 0 Å². The summed E-state index contributed by atoms with van der Waals surface area (Å²) in [5.74, 6) is 0.720. The highest BCUT2D eigenvalue weighted by Crippen LogP contribution is 2.39. The van der Waals surface area contributed by atoms with Crippen molar-refractivity contribution in [3.8, 4) is 23.0 Å². The maximum atomic E-state index is 12.5. The van der Waals surface area contributed by atoms with Crippen molar-refractivity contribution in [1.82, 2.24) is 0 Å². The normalized spacial score (nSPS) is 10.9. The number of carbonyl (C=O) groups excluding carboxylic acids is 1. The average Bonchev–Trinajstić information content (AvgIpc) is 2.65. The molecule has 0 radical (unpaired) electrons. The van der Waals surface area contributed by atoms with Crippen LogP contribution >= 0.6 is 0 Å². The monoisotopic (exact) mass is 385 g/mol. The van der Waals surface area contributed by atoms with E-state index in [9.17, 15) is 18.0 Å². The molecule has 0 atom stereocenters. The fourth-order valence-corrected chi connectivity index (χ4v) is 2.24. The van der Waals surface area contributed by atoms with Crippen molar-refractivity contribution in [1.29, 1.82) is 0 Å². The van der Waals surface area contributed by atoms with Crippen LogP contribution in [-0.2, 0) is 11.0 Å². The van der Waals surface area contributed by atoms with E-state index in [1.807, 2.05) is 0 Å². The highest BCUT2D eigenvalue weighted by molar-refractivity contribution is 5.92. The van der Waals surface area contributed by atoms with E-state index in [2.05, 4.69) is 5.32 Å². The summed E-state index contributed by atoms with van der Waals surface area (Å²) < 4.78 is 58.3. The molecule has 0 bridgehead atoms. The fraction of sp³-hybridized carbons (Fsp3) is 0.278. The predicted molar refractivity (Wildman–Crippen MR) is 91.7 cm³/mol. The van der Waals surface area contributed by atoms with Crippen molar-refractivity contribution in [2.75, 3.05) is 33.3 Å². The Bertz CT molecular complexity index is 766. The second kappa shape index (κ2) is 8.52. The Kier molecular flexibility index (Phi) is 6.38. The number of methoxy groups -OCH3 is 3. The van der Waals surface area contributed by atoms with Crippen molar-refractivity contribution in [3.63, 3.8) is 0 Å². The van der Waals surface area contributed by atoms with Gasteiger partial charge in [0.05, 0.1) is 26.9 Å². The molecule has 0 fully saturated rings. The van der Waals surface area contributed by atoms with Gasteiger partial charge in [-0.2, -0.15) is 13.2 Å². The van der Waals surface area contributed by atoms with Gasteiger partial charge in [-0.1, -0.05) is 0 Å². The summed E-state index contributed by atoms with van der Waals surface area (Å²) >= 11 is 0. The zero-order chi connectivity index (χ0) is 20.0. The van der Waals surface area contributed by atoms with E-state index < -0.39 is 17.6 Å². The van der Waals surface area contributed by atoms with Gasteiger partial charge in [-0.3, -0.25) is 4.79 Å². The summed E-state index contributed by atoms with van der Waals surface area (Å²) in [5.41, 5.74) is -0.415. The number of rotatable bonds is 7. The third-order valence-corrected chi connectivity index (χ3v) is 3.50. The van der Waals surface area contributed by atoms with Crippen molar-refractivity contribution >= 4 is 11.6 Å². The van der Waals surface area contributed by atoms with E-state index in [0.717, 1.165) is 24.3 Å². The number of ether oxygens (including phenoxy) is 4. The highest BCUT2D eigenvalue weighted by atomic mass is 19.4. The van der Waals surface area contributed by atoms with Crippen molar-refractivity contribution in [3.05, 3.63) is 42.0 Å². The number of amides is 1. The molecule has 0 saturated heterocycles. The molecular weight excluding hydrogens is 367 g/mol. The van der Waals surface area contributed by atoms with Crippen LogP contribution < -0.4 is 24.3 Å². The van der Waals surface area contributed by atoms with E-state index in [1.165, 1.54) is 33.5 Å². The quantitative estimate of drug-likeness (QED) is 0.786. The summed E-state index contributed by atoms with van der Waals surface area (Å²) in [6.45, 7) is -0.387. The van der Waals surface area contributed by atoms with Crippen LogP contribution in [0.1, 0.15) is 5.56 Å². The Morgan fingerprint density at radius 2 is 1.52 bits per heavy atom. The molecule has 1 N–H and O–H groups in total. The minimum absolute atomic E-state index is 0.142. The van der Waals surface area contributed by atoms with Gasteiger partial charge in [0, 0.05) is 17.8 Å². The predicted octanol–water partition coefficient (Wildman–Crippen LogP) is 3.75. The number of anilines is 1. The number of benzene rings is 2. The second-order valence-corrected chi connectivity index (χ2v) is 5.27. The van der Waals surface area contributed by atoms with Gasteiger partial charge in [-0.15, -0.1) is 0 Å². The van der Waals surface area contributed by atoms with Gasteiger partial charge >= 0.3 is 6.18 Å². The molecule has 2 aromatic carbocycles. The Morgan fingerprint density at radius 1 is 0.963 bits per heavy atom. The first-order valence-corrected chi connectivity index (χ1v) is 7.68. The first-order chi connectivity index (χ1) is 12.8. The van der Waals surface area contributed by atoms with Gasteiger partial charge in [0.2, 0.25) is 5.75 Å². The van der Waals surface area contributed by atoms with Crippen LogP contribution in [0.2, 0.25) is 0 Å². The molecule has 1 amide bonds. The Balaban J connectivity index is 2.01. The molecule has 2 rings (SSSR count). The number of hydrogen-bond acceptors (Lipinski definition) is 5. The number of hydrogen-bond donors (Lipinski definition) is 1. The van der Waals surface area contributed by atoms with E-state index >= 15 is 0 Å². The van der Waals surface area contributed by atoms with Gasteiger partial charge in [0.25, 0.3) is 5.91 Å². The standard InChI is InChI=1S/C18H18F3NO5/c1-24-14-8-12(9-15(25-2)17(14)26-3)22-16(23)10-27-13-6-4-11(5-7-13)18(19,20)21/h4-9H,10H2,1-3H3,(H,22,23). The van der Waals surface area contributed by atoms with Crippen LogP contribution in [0.3, 0.4) is 0 Å². The van der Waals surface area contributed by atoms with Crippen LogP contribution in [0, 0.1) is 0 Å². The maximum Gasteiger partial charge on any atom is 0.416 e. The summed E-state index contributed by atoms with van der Waals surface area (Å²) in [6, 6.07) is 7.14. The summed E-state index contributed by atoms with van der Waals surface area (Å²) in [7, 11) is 4.34. The first-order valence-electron chi connectivity index (χ1n) is 7.68. The molecule has 0 aliphatic rings. The number of nitrogens with one attached hydrogen (secondary N) is 1. The van der Waals surface area contributed by atoms with E-state index in [0.29, 0.717) is 22.9 Å². The third kappa shape index (κ3) is 5.19. The molecule has 146 valence electrons. The summed E-state index contributed by atoms with van der Waals surface area (Å²) in [5, 5.41) is 2.59. The lowest BCUT2D eigenvalue weighted by Gasteiger charge is -2.15. The van der Waals surface area contributed by atoms with Gasteiger partial charge < -0.3 is 24.3 Å². The Morgan fingerprint density at radius 3 is 1.96 bits per heavy atom. The molecule has 0 unspecified atom stereocenters. The van der Waals surface area contributed by atoms with Crippen LogP contribution in [0.15, 0.2) is 36.4 Å². The number of halogens is 3. The average molecular weight is 385 g/mol. The number of alkyl halides is 3. The lowest BCUT2D eigenvalue weighted by Crippen LogP contribution is -2.20. The molecule has 0 heterocycles.